The standard InChI is InChI=1S/C49H81O14P/c1-3-5-7-8-9-10-11-12-13-14-15-16-17-18-19-22-25-28-32-36-42(51)60-38-41(39-61-64(58,59)63-49-47(56)45(54)44(53)46(55)48(49)57)62-43(52)37-33-29-26-23-20-21-24-27-31-35-40(50)34-30-6-4-2/h9-10,12-13,15-16,18-19,24,27,31,35,41,44-49,53-57H,3-8,11,14,17,20-23,25-26,28-30,32-34,36-39H2,1-2H3,(H,58,59)/b10-9-,13-12-,16-15-,19-18-,27-24-,35-31+/t41-,44?,45-,46+,47-,48-,49?/m1/s1. The first-order chi connectivity index (χ1) is 30.8. The van der Waals surface area contributed by atoms with Crippen molar-refractivity contribution in [1.82, 2.24) is 0 Å². The van der Waals surface area contributed by atoms with Gasteiger partial charge in [-0.2, -0.15) is 0 Å². The zero-order chi connectivity index (χ0) is 47.3. The van der Waals surface area contributed by atoms with Crippen LogP contribution >= 0.6 is 7.82 Å². The minimum atomic E-state index is -5.15. The van der Waals surface area contributed by atoms with Crippen LogP contribution in [0.4, 0.5) is 0 Å². The van der Waals surface area contributed by atoms with Crippen LogP contribution in [0.3, 0.4) is 0 Å². The fraction of sp³-hybridized carbons (Fsp3) is 0.694. The largest absolute Gasteiger partial charge is 0.472 e. The third kappa shape index (κ3) is 30.2. The van der Waals surface area contributed by atoms with Crippen molar-refractivity contribution in [3.8, 4) is 0 Å². The minimum absolute atomic E-state index is 0.0344. The van der Waals surface area contributed by atoms with Crippen LogP contribution in [0, 0.1) is 0 Å². The zero-order valence-corrected chi connectivity index (χ0v) is 39.4. The van der Waals surface area contributed by atoms with Crippen molar-refractivity contribution in [3.63, 3.8) is 0 Å². The Kier molecular flexibility index (Phi) is 35.1. The van der Waals surface area contributed by atoms with E-state index in [0.717, 1.165) is 96.3 Å². The molecule has 0 spiro atoms. The Balaban J connectivity index is 2.51. The summed E-state index contributed by atoms with van der Waals surface area (Å²) in [5, 5.41) is 50.2. The van der Waals surface area contributed by atoms with Crippen LogP contribution in [-0.4, -0.2) is 104 Å². The molecule has 0 bridgehead atoms. The molecule has 0 aliphatic heterocycles. The van der Waals surface area contributed by atoms with Gasteiger partial charge in [0.1, 0.15) is 43.2 Å². The SMILES string of the molecule is CCCCC/C=C\C/C=C\C/C=C\C/C=C\CCCCCC(=O)OC[C@H](COP(=O)(O)OC1[C@H](O)[C@H](O)C(O)[C@H](O)[C@H]1O)OC(=O)CCCCCCC/C=C\C=C\C(=O)CCCCC. The van der Waals surface area contributed by atoms with Crippen molar-refractivity contribution in [3.05, 3.63) is 72.9 Å². The first-order valence-electron chi connectivity index (χ1n) is 23.7. The van der Waals surface area contributed by atoms with Gasteiger partial charge in [-0.25, -0.2) is 4.57 Å². The number of rotatable bonds is 38. The van der Waals surface area contributed by atoms with Crippen molar-refractivity contribution in [2.24, 2.45) is 0 Å². The Morgan fingerprint density at radius 2 is 0.984 bits per heavy atom. The molecule has 1 saturated carbocycles. The average Bonchev–Trinajstić information content (AvgIpc) is 3.27. The van der Waals surface area contributed by atoms with Crippen molar-refractivity contribution in [2.45, 2.75) is 204 Å². The number of unbranched alkanes of at least 4 members (excludes halogenated alkanes) is 13. The number of ketones is 1. The van der Waals surface area contributed by atoms with Gasteiger partial charge in [0.25, 0.3) is 0 Å². The van der Waals surface area contributed by atoms with Gasteiger partial charge >= 0.3 is 19.8 Å². The second-order valence-corrected chi connectivity index (χ2v) is 17.7. The number of hydrogen-bond donors (Lipinski definition) is 6. The van der Waals surface area contributed by atoms with Gasteiger partial charge in [-0.15, -0.1) is 0 Å². The van der Waals surface area contributed by atoms with Crippen LogP contribution in [0.1, 0.15) is 162 Å². The molecule has 1 aliphatic carbocycles. The van der Waals surface area contributed by atoms with Gasteiger partial charge in [0.05, 0.1) is 6.61 Å². The first-order valence-corrected chi connectivity index (χ1v) is 25.2. The molecule has 64 heavy (non-hydrogen) atoms. The molecule has 6 N–H and O–H groups in total. The van der Waals surface area contributed by atoms with Gasteiger partial charge in [-0.1, -0.05) is 132 Å². The molecule has 15 heteroatoms. The number of carbonyl (C=O) groups is 3. The van der Waals surface area contributed by atoms with Crippen molar-refractivity contribution in [2.75, 3.05) is 13.2 Å². The molecule has 366 valence electrons. The van der Waals surface area contributed by atoms with Gasteiger partial charge in [0.15, 0.2) is 11.9 Å². The highest BCUT2D eigenvalue weighted by molar-refractivity contribution is 7.47. The third-order valence-electron chi connectivity index (χ3n) is 10.5. The third-order valence-corrected chi connectivity index (χ3v) is 11.5. The topological polar surface area (TPSA) is 227 Å². The lowest BCUT2D eigenvalue weighted by molar-refractivity contribution is -0.220. The molecule has 0 radical (unpaired) electrons. The number of aliphatic hydroxyl groups is 5. The van der Waals surface area contributed by atoms with Crippen LogP contribution in [0.15, 0.2) is 72.9 Å². The quantitative estimate of drug-likeness (QED) is 0.00851. The molecule has 0 amide bonds. The van der Waals surface area contributed by atoms with Gasteiger partial charge in [-0.3, -0.25) is 23.4 Å². The Morgan fingerprint density at radius 1 is 0.531 bits per heavy atom. The van der Waals surface area contributed by atoms with Crippen LogP contribution in [-0.2, 0) is 37.5 Å². The Bertz CT molecular complexity index is 1460. The molecule has 1 rings (SSSR count). The summed E-state index contributed by atoms with van der Waals surface area (Å²) in [6.45, 7) is 3.05. The maximum Gasteiger partial charge on any atom is 0.472 e. The van der Waals surface area contributed by atoms with E-state index in [1.54, 1.807) is 12.2 Å². The lowest BCUT2D eigenvalue weighted by Gasteiger charge is -2.41. The average molecular weight is 925 g/mol. The van der Waals surface area contributed by atoms with Gasteiger partial charge in [0, 0.05) is 19.3 Å². The van der Waals surface area contributed by atoms with E-state index in [0.29, 0.717) is 19.3 Å². The number of phosphoric ester groups is 1. The number of aliphatic hydroxyl groups excluding tert-OH is 5. The monoisotopic (exact) mass is 925 g/mol. The summed E-state index contributed by atoms with van der Waals surface area (Å²) in [6.07, 6.45) is 30.7. The zero-order valence-electron chi connectivity index (χ0n) is 38.5. The molecule has 3 unspecified atom stereocenters. The molecule has 0 aromatic carbocycles. The molecule has 14 nitrogen and oxygen atoms in total. The predicted molar refractivity (Wildman–Crippen MR) is 249 cm³/mol. The summed E-state index contributed by atoms with van der Waals surface area (Å²) >= 11 is 0. The molecule has 0 aromatic rings. The number of ether oxygens (including phenoxy) is 2. The summed E-state index contributed by atoms with van der Waals surface area (Å²) in [6, 6.07) is 0. The van der Waals surface area contributed by atoms with Crippen molar-refractivity contribution in [1.29, 1.82) is 0 Å². The summed E-state index contributed by atoms with van der Waals surface area (Å²) in [5.41, 5.74) is 0. The van der Waals surface area contributed by atoms with Crippen molar-refractivity contribution >= 4 is 25.5 Å². The molecular weight excluding hydrogens is 843 g/mol. The minimum Gasteiger partial charge on any atom is -0.462 e. The van der Waals surface area contributed by atoms with E-state index in [1.807, 2.05) is 12.2 Å². The normalized spacial score (nSPS) is 22.1. The van der Waals surface area contributed by atoms with E-state index in [-0.39, 0.29) is 18.6 Å². The van der Waals surface area contributed by atoms with Crippen LogP contribution in [0.5, 0.6) is 0 Å². The molecule has 0 aromatic heterocycles. The highest BCUT2D eigenvalue weighted by Gasteiger charge is 2.51. The number of hydrogen-bond acceptors (Lipinski definition) is 13. The van der Waals surface area contributed by atoms with Gasteiger partial charge < -0.3 is 39.9 Å². The van der Waals surface area contributed by atoms with Gasteiger partial charge in [0.2, 0.25) is 0 Å². The van der Waals surface area contributed by atoms with Gasteiger partial charge in [-0.05, 0) is 83.1 Å². The summed E-state index contributed by atoms with van der Waals surface area (Å²) in [5.74, 6) is -1.07. The Hall–Kier alpha value is -3.04. The highest BCUT2D eigenvalue weighted by Crippen LogP contribution is 2.47. The van der Waals surface area contributed by atoms with Crippen LogP contribution < -0.4 is 0 Å². The second-order valence-electron chi connectivity index (χ2n) is 16.3. The van der Waals surface area contributed by atoms with E-state index >= 15 is 0 Å². The van der Waals surface area contributed by atoms with E-state index < -0.39 is 75.7 Å². The fourth-order valence-corrected chi connectivity index (χ4v) is 7.58. The van der Waals surface area contributed by atoms with E-state index in [9.17, 15) is 49.4 Å². The molecule has 1 fully saturated rings. The van der Waals surface area contributed by atoms with Crippen LogP contribution in [0.2, 0.25) is 0 Å². The Morgan fingerprint density at radius 3 is 1.58 bits per heavy atom. The van der Waals surface area contributed by atoms with E-state index in [4.69, 9.17) is 18.5 Å². The number of carbonyl (C=O) groups excluding carboxylic acids is 3. The van der Waals surface area contributed by atoms with E-state index in [1.165, 1.54) is 19.3 Å². The van der Waals surface area contributed by atoms with Crippen molar-refractivity contribution < 1.29 is 67.9 Å². The maximum atomic E-state index is 12.8. The Labute approximate surface area is 382 Å². The smallest absolute Gasteiger partial charge is 0.462 e. The second kappa shape index (κ2) is 38.1. The molecule has 8 atom stereocenters. The predicted octanol–water partition coefficient (Wildman–Crippen LogP) is 8.68. The molecule has 0 heterocycles. The summed E-state index contributed by atoms with van der Waals surface area (Å²) < 4.78 is 33.5. The molecule has 1 aliphatic rings. The lowest BCUT2D eigenvalue weighted by atomic mass is 9.85. The molecule has 0 saturated heterocycles. The summed E-state index contributed by atoms with van der Waals surface area (Å²) in [7, 11) is -5.15. The maximum absolute atomic E-state index is 12.8. The number of phosphoric acid groups is 1. The molecular formula is C49H81O14P. The first kappa shape index (κ1) is 59.0. The number of allylic oxidation sites excluding steroid dienone is 12. The summed E-state index contributed by atoms with van der Waals surface area (Å²) in [4.78, 5) is 47.5. The number of esters is 2. The van der Waals surface area contributed by atoms with E-state index in [2.05, 4.69) is 62.5 Å². The fourth-order valence-electron chi connectivity index (χ4n) is 6.60. The highest BCUT2D eigenvalue weighted by atomic mass is 31.2. The lowest BCUT2D eigenvalue weighted by Crippen LogP contribution is -2.64. The van der Waals surface area contributed by atoms with Crippen LogP contribution in [0.25, 0.3) is 0 Å².